The van der Waals surface area contributed by atoms with Crippen molar-refractivity contribution in [3.63, 3.8) is 0 Å². The van der Waals surface area contributed by atoms with Crippen LogP contribution in [-0.2, 0) is 0 Å². The second-order valence-corrected chi connectivity index (χ2v) is 5.85. The number of anilines is 1. The lowest BCUT2D eigenvalue weighted by atomic mass is 9.89. The zero-order chi connectivity index (χ0) is 13.1. The van der Waals surface area contributed by atoms with Crippen LogP contribution in [0.2, 0.25) is 5.02 Å². The maximum Gasteiger partial charge on any atom is 0.0934 e. The molecule has 0 bridgehead atoms. The number of benzene rings is 1. The van der Waals surface area contributed by atoms with Crippen molar-refractivity contribution in [2.75, 3.05) is 11.9 Å². The van der Waals surface area contributed by atoms with Crippen LogP contribution in [0, 0.1) is 5.92 Å². The van der Waals surface area contributed by atoms with E-state index in [-0.39, 0.29) is 0 Å². The predicted molar refractivity (Wildman–Crippen MR) is 81.8 cm³/mol. The van der Waals surface area contributed by atoms with E-state index in [1.54, 1.807) is 0 Å². The fourth-order valence-electron chi connectivity index (χ4n) is 2.94. The molecule has 0 unspecified atom stereocenters. The van der Waals surface area contributed by atoms with Gasteiger partial charge < -0.3 is 5.32 Å². The average Bonchev–Trinajstić information content (AvgIpc) is 2.45. The van der Waals surface area contributed by atoms with Crippen molar-refractivity contribution in [3.05, 3.63) is 35.5 Å². The molecular formula is C16H19ClN2. The molecule has 1 aliphatic rings. The van der Waals surface area contributed by atoms with Gasteiger partial charge in [0.05, 0.1) is 11.2 Å². The summed E-state index contributed by atoms with van der Waals surface area (Å²) in [5.41, 5.74) is 2.08. The number of hydrogen-bond donors (Lipinski definition) is 1. The molecule has 2 nitrogen and oxygen atoms in total. The van der Waals surface area contributed by atoms with Crippen LogP contribution in [0.5, 0.6) is 0 Å². The lowest BCUT2D eigenvalue weighted by Gasteiger charge is -2.22. The van der Waals surface area contributed by atoms with Gasteiger partial charge in [0.15, 0.2) is 0 Å². The Labute approximate surface area is 119 Å². The molecule has 1 saturated carbocycles. The van der Waals surface area contributed by atoms with Gasteiger partial charge in [-0.15, -0.1) is 0 Å². The molecule has 19 heavy (non-hydrogen) atoms. The third-order valence-corrected chi connectivity index (χ3v) is 4.19. The SMILES string of the molecule is Clc1cc(NCC2CCCCC2)c2ncccc2c1. The van der Waals surface area contributed by atoms with Gasteiger partial charge in [-0.1, -0.05) is 36.9 Å². The first-order valence-electron chi connectivity index (χ1n) is 7.11. The van der Waals surface area contributed by atoms with Crippen molar-refractivity contribution in [1.82, 2.24) is 4.98 Å². The van der Waals surface area contributed by atoms with Crippen molar-refractivity contribution in [3.8, 4) is 0 Å². The monoisotopic (exact) mass is 274 g/mol. The molecule has 2 aromatic rings. The molecule has 0 spiro atoms. The maximum atomic E-state index is 6.18. The van der Waals surface area contributed by atoms with Crippen molar-refractivity contribution >= 4 is 28.2 Å². The van der Waals surface area contributed by atoms with Gasteiger partial charge in [0.1, 0.15) is 0 Å². The van der Waals surface area contributed by atoms with E-state index in [1.165, 1.54) is 32.1 Å². The minimum absolute atomic E-state index is 0.770. The van der Waals surface area contributed by atoms with Crippen LogP contribution < -0.4 is 5.32 Å². The highest BCUT2D eigenvalue weighted by atomic mass is 35.5. The largest absolute Gasteiger partial charge is 0.383 e. The number of rotatable bonds is 3. The highest BCUT2D eigenvalue weighted by Gasteiger charge is 2.13. The molecule has 0 atom stereocenters. The minimum atomic E-state index is 0.770. The standard InChI is InChI=1S/C16H19ClN2/c17-14-9-13-7-4-8-18-16(13)15(10-14)19-11-12-5-2-1-3-6-12/h4,7-10,12,19H,1-3,5-6,11H2. The topological polar surface area (TPSA) is 24.9 Å². The number of pyridine rings is 1. The predicted octanol–water partition coefficient (Wildman–Crippen LogP) is 4.88. The molecule has 1 aromatic heterocycles. The van der Waals surface area contributed by atoms with Gasteiger partial charge in [-0.25, -0.2) is 0 Å². The second kappa shape index (κ2) is 5.79. The van der Waals surface area contributed by atoms with Gasteiger partial charge in [0.25, 0.3) is 0 Å². The number of hydrogen-bond acceptors (Lipinski definition) is 2. The third kappa shape index (κ3) is 3.01. The first-order chi connectivity index (χ1) is 9.33. The van der Waals surface area contributed by atoms with Gasteiger partial charge in [0, 0.05) is 23.2 Å². The van der Waals surface area contributed by atoms with Crippen LogP contribution in [-0.4, -0.2) is 11.5 Å². The molecule has 1 aliphatic carbocycles. The van der Waals surface area contributed by atoms with E-state index in [2.05, 4.69) is 16.4 Å². The molecule has 1 aromatic carbocycles. The molecule has 1 N–H and O–H groups in total. The Kier molecular flexibility index (Phi) is 3.88. The van der Waals surface area contributed by atoms with Crippen molar-refractivity contribution in [2.24, 2.45) is 5.92 Å². The van der Waals surface area contributed by atoms with E-state index in [4.69, 9.17) is 11.6 Å². The summed E-state index contributed by atoms with van der Waals surface area (Å²) in [5.74, 6) is 0.798. The van der Waals surface area contributed by atoms with Crippen LogP contribution in [0.4, 0.5) is 5.69 Å². The van der Waals surface area contributed by atoms with E-state index in [0.717, 1.165) is 34.1 Å². The highest BCUT2D eigenvalue weighted by Crippen LogP contribution is 2.28. The van der Waals surface area contributed by atoms with Crippen LogP contribution in [0.25, 0.3) is 10.9 Å². The number of nitrogens with zero attached hydrogens (tertiary/aromatic N) is 1. The smallest absolute Gasteiger partial charge is 0.0934 e. The van der Waals surface area contributed by atoms with E-state index < -0.39 is 0 Å². The Bertz CT molecular complexity index is 562. The number of fused-ring (bicyclic) bond motifs is 1. The Morgan fingerprint density at radius 1 is 1.21 bits per heavy atom. The van der Waals surface area contributed by atoms with Crippen LogP contribution in [0.15, 0.2) is 30.5 Å². The lowest BCUT2D eigenvalue weighted by molar-refractivity contribution is 0.373. The van der Waals surface area contributed by atoms with Crippen LogP contribution in [0.3, 0.4) is 0 Å². The van der Waals surface area contributed by atoms with Gasteiger partial charge in [0.2, 0.25) is 0 Å². The Morgan fingerprint density at radius 3 is 2.89 bits per heavy atom. The summed E-state index contributed by atoms with van der Waals surface area (Å²) in [7, 11) is 0. The molecule has 100 valence electrons. The Hall–Kier alpha value is -1.28. The molecule has 3 heteroatoms. The fourth-order valence-corrected chi connectivity index (χ4v) is 3.16. The molecule has 0 saturated heterocycles. The van der Waals surface area contributed by atoms with Crippen LogP contribution >= 0.6 is 11.6 Å². The van der Waals surface area contributed by atoms with E-state index in [9.17, 15) is 0 Å². The minimum Gasteiger partial charge on any atom is -0.383 e. The Morgan fingerprint density at radius 2 is 2.05 bits per heavy atom. The first-order valence-corrected chi connectivity index (χ1v) is 7.49. The van der Waals surface area contributed by atoms with E-state index in [0.29, 0.717) is 0 Å². The lowest BCUT2D eigenvalue weighted by Crippen LogP contribution is -2.17. The molecule has 1 heterocycles. The third-order valence-electron chi connectivity index (χ3n) is 3.98. The van der Waals surface area contributed by atoms with Crippen molar-refractivity contribution in [1.29, 1.82) is 0 Å². The summed E-state index contributed by atoms with van der Waals surface area (Å²) in [6.07, 6.45) is 8.68. The number of aromatic nitrogens is 1. The molecule has 3 rings (SSSR count). The molecule has 1 fully saturated rings. The zero-order valence-electron chi connectivity index (χ0n) is 11.0. The molecule has 0 aliphatic heterocycles. The number of nitrogens with one attached hydrogen (secondary N) is 1. The van der Waals surface area contributed by atoms with Gasteiger partial charge in [-0.3, -0.25) is 4.98 Å². The van der Waals surface area contributed by atoms with Crippen molar-refractivity contribution in [2.45, 2.75) is 32.1 Å². The average molecular weight is 275 g/mol. The summed E-state index contributed by atoms with van der Waals surface area (Å²) >= 11 is 6.18. The zero-order valence-corrected chi connectivity index (χ0v) is 11.8. The van der Waals surface area contributed by atoms with E-state index >= 15 is 0 Å². The molecular weight excluding hydrogens is 256 g/mol. The van der Waals surface area contributed by atoms with Crippen molar-refractivity contribution < 1.29 is 0 Å². The molecule has 0 radical (unpaired) electrons. The summed E-state index contributed by atoms with van der Waals surface area (Å²) in [4.78, 5) is 4.46. The Balaban J connectivity index is 1.79. The van der Waals surface area contributed by atoms with Gasteiger partial charge in [-0.2, -0.15) is 0 Å². The van der Waals surface area contributed by atoms with E-state index in [1.807, 2.05) is 24.4 Å². The maximum absolute atomic E-state index is 6.18. The molecule has 0 amide bonds. The number of halogens is 1. The summed E-state index contributed by atoms with van der Waals surface area (Å²) in [5, 5.41) is 5.42. The second-order valence-electron chi connectivity index (χ2n) is 5.41. The summed E-state index contributed by atoms with van der Waals surface area (Å²) in [6, 6.07) is 7.96. The van der Waals surface area contributed by atoms with Crippen LogP contribution in [0.1, 0.15) is 32.1 Å². The highest BCUT2D eigenvalue weighted by molar-refractivity contribution is 6.31. The van der Waals surface area contributed by atoms with Gasteiger partial charge in [-0.05, 0) is 37.0 Å². The fraction of sp³-hybridized carbons (Fsp3) is 0.438. The van der Waals surface area contributed by atoms with Gasteiger partial charge >= 0.3 is 0 Å². The normalized spacial score (nSPS) is 16.7. The summed E-state index contributed by atoms with van der Waals surface area (Å²) in [6.45, 7) is 1.03. The first kappa shape index (κ1) is 12.7. The summed E-state index contributed by atoms with van der Waals surface area (Å²) < 4.78 is 0. The quantitative estimate of drug-likeness (QED) is 0.863.